The van der Waals surface area contributed by atoms with E-state index in [2.05, 4.69) is 10.1 Å². The molecule has 0 unspecified atom stereocenters. The SMILES string of the molecule is O=C(c1ccco1)N1CCN(C(=O)c2ccc(-c3noc(-c4ccccc4)n3)s2)CC1. The van der Waals surface area contributed by atoms with Crippen LogP contribution in [0.25, 0.3) is 22.2 Å². The number of carbonyl (C=O) groups is 2. The molecule has 2 amide bonds. The van der Waals surface area contributed by atoms with Crippen molar-refractivity contribution < 1.29 is 18.5 Å². The average molecular weight is 434 g/mol. The third-order valence-electron chi connectivity index (χ3n) is 5.07. The first-order valence-corrected chi connectivity index (χ1v) is 10.6. The second-order valence-electron chi connectivity index (χ2n) is 7.01. The molecule has 1 aliphatic rings. The van der Waals surface area contributed by atoms with Crippen LogP contribution in [-0.2, 0) is 0 Å². The number of aromatic nitrogens is 2. The minimum atomic E-state index is -0.151. The molecule has 156 valence electrons. The van der Waals surface area contributed by atoms with Gasteiger partial charge >= 0.3 is 0 Å². The first kappa shape index (κ1) is 19.3. The van der Waals surface area contributed by atoms with Crippen LogP contribution in [0.2, 0.25) is 0 Å². The Kier molecular flexibility index (Phi) is 5.09. The van der Waals surface area contributed by atoms with E-state index < -0.39 is 0 Å². The Morgan fingerprint density at radius 3 is 2.32 bits per heavy atom. The van der Waals surface area contributed by atoms with Crippen molar-refractivity contribution >= 4 is 23.2 Å². The van der Waals surface area contributed by atoms with Gasteiger partial charge in [-0.25, -0.2) is 0 Å². The molecule has 0 radical (unpaired) electrons. The standard InChI is InChI=1S/C22H18N4O4S/c27-21(16-7-4-14-29-16)25-10-12-26(13-11-25)22(28)18-9-8-17(31-18)19-23-20(30-24-19)15-5-2-1-3-6-15/h1-9,14H,10-13H2. The minimum Gasteiger partial charge on any atom is -0.459 e. The number of furan rings is 1. The molecule has 1 saturated heterocycles. The lowest BCUT2D eigenvalue weighted by molar-refractivity contribution is 0.0520. The quantitative estimate of drug-likeness (QED) is 0.487. The Balaban J connectivity index is 1.24. The molecule has 9 heteroatoms. The number of amides is 2. The zero-order chi connectivity index (χ0) is 21.2. The minimum absolute atomic E-state index is 0.0619. The lowest BCUT2D eigenvalue weighted by atomic mass is 10.2. The van der Waals surface area contributed by atoms with Gasteiger partial charge in [0.15, 0.2) is 5.76 Å². The van der Waals surface area contributed by atoms with Crippen LogP contribution >= 0.6 is 11.3 Å². The van der Waals surface area contributed by atoms with Crippen molar-refractivity contribution in [3.8, 4) is 22.2 Å². The Labute approximate surface area is 181 Å². The molecule has 3 aromatic heterocycles. The van der Waals surface area contributed by atoms with Crippen LogP contribution in [-0.4, -0.2) is 57.9 Å². The highest BCUT2D eigenvalue weighted by Crippen LogP contribution is 2.29. The number of carbonyl (C=O) groups excluding carboxylic acids is 2. The Hall–Kier alpha value is -3.72. The van der Waals surface area contributed by atoms with Crippen LogP contribution < -0.4 is 0 Å². The highest BCUT2D eigenvalue weighted by atomic mass is 32.1. The van der Waals surface area contributed by atoms with E-state index in [1.54, 1.807) is 28.0 Å². The second kappa shape index (κ2) is 8.19. The number of hydrogen-bond acceptors (Lipinski definition) is 7. The van der Waals surface area contributed by atoms with Gasteiger partial charge in [-0.3, -0.25) is 9.59 Å². The molecule has 4 aromatic rings. The Morgan fingerprint density at radius 2 is 1.61 bits per heavy atom. The molecule has 5 rings (SSSR count). The summed E-state index contributed by atoms with van der Waals surface area (Å²) in [6.45, 7) is 1.88. The first-order valence-electron chi connectivity index (χ1n) is 9.80. The number of rotatable bonds is 4. The van der Waals surface area contributed by atoms with Gasteiger partial charge in [0.1, 0.15) is 0 Å². The van der Waals surface area contributed by atoms with Crippen molar-refractivity contribution in [1.82, 2.24) is 19.9 Å². The van der Waals surface area contributed by atoms with Gasteiger partial charge in [-0.15, -0.1) is 11.3 Å². The Bertz CT molecular complexity index is 1190. The van der Waals surface area contributed by atoms with Crippen molar-refractivity contribution in [2.75, 3.05) is 26.2 Å². The third kappa shape index (κ3) is 3.87. The number of nitrogens with zero attached hydrogens (tertiary/aromatic N) is 4. The lowest BCUT2D eigenvalue weighted by Crippen LogP contribution is -2.50. The molecule has 0 N–H and O–H groups in total. The summed E-state index contributed by atoms with van der Waals surface area (Å²) in [5.41, 5.74) is 0.844. The molecular formula is C22H18N4O4S. The summed E-state index contributed by atoms with van der Waals surface area (Å²) in [6.07, 6.45) is 1.48. The highest BCUT2D eigenvalue weighted by molar-refractivity contribution is 7.17. The fourth-order valence-corrected chi connectivity index (χ4v) is 4.32. The summed E-state index contributed by atoms with van der Waals surface area (Å²) >= 11 is 1.33. The van der Waals surface area contributed by atoms with Crippen molar-refractivity contribution in [2.24, 2.45) is 0 Å². The number of hydrogen-bond donors (Lipinski definition) is 0. The van der Waals surface area contributed by atoms with E-state index in [-0.39, 0.29) is 11.8 Å². The summed E-state index contributed by atoms with van der Waals surface area (Å²) in [6, 6.07) is 16.5. The lowest BCUT2D eigenvalue weighted by Gasteiger charge is -2.34. The van der Waals surface area contributed by atoms with Crippen LogP contribution in [0.3, 0.4) is 0 Å². The van der Waals surface area contributed by atoms with Crippen molar-refractivity contribution in [3.05, 3.63) is 71.5 Å². The van der Waals surface area contributed by atoms with Crippen LogP contribution in [0.1, 0.15) is 20.2 Å². The summed E-state index contributed by atoms with van der Waals surface area (Å²) in [7, 11) is 0. The molecule has 0 spiro atoms. The predicted octanol–water partition coefficient (Wildman–Crippen LogP) is 3.66. The van der Waals surface area contributed by atoms with Gasteiger partial charge in [0.25, 0.3) is 17.7 Å². The number of thiophene rings is 1. The van der Waals surface area contributed by atoms with E-state index in [9.17, 15) is 9.59 Å². The largest absolute Gasteiger partial charge is 0.459 e. The highest BCUT2D eigenvalue weighted by Gasteiger charge is 2.27. The molecule has 31 heavy (non-hydrogen) atoms. The fourth-order valence-electron chi connectivity index (χ4n) is 3.42. The zero-order valence-electron chi connectivity index (χ0n) is 16.4. The maximum absolute atomic E-state index is 12.9. The predicted molar refractivity (Wildman–Crippen MR) is 114 cm³/mol. The van der Waals surface area contributed by atoms with Gasteiger partial charge in [-0.05, 0) is 36.4 Å². The van der Waals surface area contributed by atoms with Crippen LogP contribution in [0.15, 0.2) is 69.8 Å². The van der Waals surface area contributed by atoms with Gasteiger partial charge in [0, 0.05) is 31.7 Å². The van der Waals surface area contributed by atoms with Gasteiger partial charge in [0.05, 0.1) is 16.0 Å². The molecular weight excluding hydrogens is 416 g/mol. The van der Waals surface area contributed by atoms with Gasteiger partial charge < -0.3 is 18.7 Å². The van der Waals surface area contributed by atoms with Crippen molar-refractivity contribution in [2.45, 2.75) is 0 Å². The fraction of sp³-hybridized carbons (Fsp3) is 0.182. The molecule has 0 atom stereocenters. The van der Waals surface area contributed by atoms with E-state index in [0.29, 0.717) is 48.5 Å². The molecule has 0 saturated carbocycles. The van der Waals surface area contributed by atoms with Crippen LogP contribution in [0.4, 0.5) is 0 Å². The van der Waals surface area contributed by atoms with E-state index in [1.165, 1.54) is 17.6 Å². The summed E-state index contributed by atoms with van der Waals surface area (Å²) in [4.78, 5) is 34.6. The van der Waals surface area contributed by atoms with Crippen LogP contribution in [0.5, 0.6) is 0 Å². The van der Waals surface area contributed by atoms with E-state index in [4.69, 9.17) is 8.94 Å². The smallest absolute Gasteiger partial charge is 0.289 e. The van der Waals surface area contributed by atoms with Crippen molar-refractivity contribution in [3.63, 3.8) is 0 Å². The van der Waals surface area contributed by atoms with E-state index >= 15 is 0 Å². The Morgan fingerprint density at radius 1 is 0.871 bits per heavy atom. The second-order valence-corrected chi connectivity index (χ2v) is 8.10. The van der Waals surface area contributed by atoms with E-state index in [0.717, 1.165) is 10.4 Å². The average Bonchev–Trinajstić information content (AvgIpc) is 3.60. The molecule has 4 heterocycles. The van der Waals surface area contributed by atoms with E-state index in [1.807, 2.05) is 36.4 Å². The first-order chi connectivity index (χ1) is 15.2. The third-order valence-corrected chi connectivity index (χ3v) is 6.14. The van der Waals surface area contributed by atoms with Crippen molar-refractivity contribution in [1.29, 1.82) is 0 Å². The van der Waals surface area contributed by atoms with Gasteiger partial charge in [-0.2, -0.15) is 4.98 Å². The summed E-state index contributed by atoms with van der Waals surface area (Å²) in [5, 5.41) is 4.05. The monoisotopic (exact) mass is 434 g/mol. The molecule has 0 aliphatic carbocycles. The topological polar surface area (TPSA) is 92.7 Å². The molecule has 1 aliphatic heterocycles. The maximum Gasteiger partial charge on any atom is 0.289 e. The molecule has 0 bridgehead atoms. The normalized spacial score (nSPS) is 14.1. The number of benzene rings is 1. The van der Waals surface area contributed by atoms with Gasteiger partial charge in [0.2, 0.25) is 5.82 Å². The summed E-state index contributed by atoms with van der Waals surface area (Å²) in [5.74, 6) is 0.999. The molecule has 1 aromatic carbocycles. The zero-order valence-corrected chi connectivity index (χ0v) is 17.2. The maximum atomic E-state index is 12.9. The van der Waals surface area contributed by atoms with Gasteiger partial charge in [-0.1, -0.05) is 23.4 Å². The molecule has 1 fully saturated rings. The number of piperazine rings is 1. The molecule has 8 nitrogen and oxygen atoms in total. The van der Waals surface area contributed by atoms with Crippen LogP contribution in [0, 0.1) is 0 Å². The summed E-state index contributed by atoms with van der Waals surface area (Å²) < 4.78 is 10.5.